The predicted molar refractivity (Wildman–Crippen MR) is 124 cm³/mol. The molecular weight excluding hydrogens is 449 g/mol. The van der Waals surface area contributed by atoms with Crippen molar-refractivity contribution in [2.75, 3.05) is 13.1 Å². The van der Waals surface area contributed by atoms with Crippen molar-refractivity contribution in [1.82, 2.24) is 13.9 Å². The molecule has 0 atom stereocenters. The lowest BCUT2D eigenvalue weighted by Crippen LogP contribution is -2.30. The maximum Gasteiger partial charge on any atom is 0.243 e. The third kappa shape index (κ3) is 4.46. The fraction of sp³-hybridized carbons (Fsp3) is 0.261. The summed E-state index contributed by atoms with van der Waals surface area (Å²) in [4.78, 5) is 4.91. The molecule has 0 bridgehead atoms. The summed E-state index contributed by atoms with van der Waals surface area (Å²) in [6, 6.07) is 15.3. The van der Waals surface area contributed by atoms with Gasteiger partial charge >= 0.3 is 0 Å². The van der Waals surface area contributed by atoms with Gasteiger partial charge in [0, 0.05) is 18.8 Å². The van der Waals surface area contributed by atoms with Gasteiger partial charge in [0.25, 0.3) is 0 Å². The smallest absolute Gasteiger partial charge is 0.243 e. The van der Waals surface area contributed by atoms with Crippen LogP contribution in [0.5, 0.6) is 0 Å². The maximum absolute atomic E-state index is 14.1. The minimum atomic E-state index is -3.60. The Balaban J connectivity index is 1.74. The number of halogens is 1. The van der Waals surface area contributed by atoms with E-state index in [0.717, 1.165) is 11.3 Å². The van der Waals surface area contributed by atoms with Crippen molar-refractivity contribution in [3.8, 4) is 0 Å². The van der Waals surface area contributed by atoms with Crippen LogP contribution in [0.1, 0.15) is 25.2 Å². The van der Waals surface area contributed by atoms with Crippen LogP contribution in [0.25, 0.3) is 11.0 Å². The van der Waals surface area contributed by atoms with E-state index in [1.165, 1.54) is 22.1 Å². The molecule has 2 aromatic carbocycles. The van der Waals surface area contributed by atoms with E-state index < -0.39 is 10.0 Å². The zero-order valence-corrected chi connectivity index (χ0v) is 19.5. The van der Waals surface area contributed by atoms with Crippen molar-refractivity contribution >= 4 is 32.8 Å². The van der Waals surface area contributed by atoms with Gasteiger partial charge in [-0.05, 0) is 42.0 Å². The van der Waals surface area contributed by atoms with Crippen LogP contribution in [-0.4, -0.2) is 35.4 Å². The molecule has 168 valence electrons. The number of nitrogens with zero attached hydrogens (tertiary/aromatic N) is 3. The number of thioether (sulfide) groups is 1. The van der Waals surface area contributed by atoms with Gasteiger partial charge in [-0.15, -0.1) is 0 Å². The number of aromatic nitrogens is 2. The zero-order valence-electron chi connectivity index (χ0n) is 17.9. The van der Waals surface area contributed by atoms with Crippen LogP contribution in [-0.2, 0) is 22.3 Å². The fourth-order valence-electron chi connectivity index (χ4n) is 3.54. The predicted octanol–water partition coefficient (Wildman–Crippen LogP) is 5.14. The van der Waals surface area contributed by atoms with Gasteiger partial charge in [0.05, 0.1) is 28.7 Å². The van der Waals surface area contributed by atoms with Gasteiger partial charge in [0.15, 0.2) is 5.16 Å². The summed E-state index contributed by atoms with van der Waals surface area (Å²) in [5, 5.41) is 0.664. The molecule has 0 saturated carbocycles. The molecule has 0 aliphatic heterocycles. The Morgan fingerprint density at radius 3 is 2.56 bits per heavy atom. The largest absolute Gasteiger partial charge is 0.467 e. The summed E-state index contributed by atoms with van der Waals surface area (Å²) in [6.45, 7) is 4.86. The molecule has 0 unspecified atom stereocenters. The minimum Gasteiger partial charge on any atom is -0.467 e. The summed E-state index contributed by atoms with van der Waals surface area (Å²) in [5.74, 6) is 0.886. The van der Waals surface area contributed by atoms with Crippen molar-refractivity contribution in [3.05, 3.63) is 78.0 Å². The Bertz CT molecular complexity index is 1310. The second-order valence-electron chi connectivity index (χ2n) is 7.18. The first kappa shape index (κ1) is 22.6. The fourth-order valence-corrected chi connectivity index (χ4v) is 6.02. The number of rotatable bonds is 9. The lowest BCUT2D eigenvalue weighted by Gasteiger charge is -2.18. The minimum absolute atomic E-state index is 0.210. The van der Waals surface area contributed by atoms with Gasteiger partial charge in [-0.1, -0.05) is 43.8 Å². The highest BCUT2D eigenvalue weighted by atomic mass is 32.2. The van der Waals surface area contributed by atoms with Crippen molar-refractivity contribution in [2.45, 2.75) is 36.2 Å². The van der Waals surface area contributed by atoms with Gasteiger partial charge in [0.1, 0.15) is 11.6 Å². The molecule has 6 nitrogen and oxygen atoms in total. The molecule has 32 heavy (non-hydrogen) atoms. The Hall–Kier alpha value is -2.62. The zero-order chi connectivity index (χ0) is 22.7. The van der Waals surface area contributed by atoms with E-state index in [9.17, 15) is 12.8 Å². The normalized spacial score (nSPS) is 12.1. The second kappa shape index (κ2) is 9.48. The van der Waals surface area contributed by atoms with Crippen LogP contribution >= 0.6 is 11.8 Å². The molecule has 0 aliphatic rings. The molecule has 4 rings (SSSR count). The Morgan fingerprint density at radius 1 is 1.09 bits per heavy atom. The lowest BCUT2D eigenvalue weighted by atomic mass is 10.2. The van der Waals surface area contributed by atoms with Crippen molar-refractivity contribution in [3.63, 3.8) is 0 Å². The first-order valence-corrected chi connectivity index (χ1v) is 12.8. The summed E-state index contributed by atoms with van der Waals surface area (Å²) < 4.78 is 48.9. The van der Waals surface area contributed by atoms with Crippen LogP contribution < -0.4 is 0 Å². The number of hydrogen-bond acceptors (Lipinski definition) is 5. The summed E-state index contributed by atoms with van der Waals surface area (Å²) in [5.41, 5.74) is 1.94. The van der Waals surface area contributed by atoms with E-state index in [1.54, 1.807) is 42.7 Å². The molecule has 0 fully saturated rings. The standard InChI is InChI=1S/C23H24FN3O3S2/c1-3-26(4-2)32(28,29)19-11-12-22-21(14-19)25-23(27(22)15-18-9-7-13-30-18)31-16-17-8-5-6-10-20(17)24/h5-14H,3-4,15-16H2,1-2H3. The summed E-state index contributed by atoms with van der Waals surface area (Å²) in [6.07, 6.45) is 1.61. The van der Waals surface area contributed by atoms with Gasteiger partial charge < -0.3 is 8.98 Å². The number of hydrogen-bond donors (Lipinski definition) is 0. The average molecular weight is 474 g/mol. The number of benzene rings is 2. The molecule has 0 radical (unpaired) electrons. The molecule has 0 amide bonds. The maximum atomic E-state index is 14.1. The van der Waals surface area contributed by atoms with Crippen molar-refractivity contribution in [1.29, 1.82) is 0 Å². The Morgan fingerprint density at radius 2 is 1.88 bits per heavy atom. The molecular formula is C23H24FN3O3S2. The van der Waals surface area contributed by atoms with E-state index in [0.29, 0.717) is 41.6 Å². The van der Waals surface area contributed by atoms with E-state index >= 15 is 0 Å². The molecule has 0 aliphatic carbocycles. The van der Waals surface area contributed by atoms with E-state index in [4.69, 9.17) is 9.40 Å². The molecule has 0 saturated heterocycles. The number of furan rings is 1. The molecule has 2 aromatic heterocycles. The van der Waals surface area contributed by atoms with Crippen molar-refractivity contribution < 1.29 is 17.2 Å². The van der Waals surface area contributed by atoms with E-state index in [-0.39, 0.29) is 10.7 Å². The number of sulfonamides is 1. The SMILES string of the molecule is CCN(CC)S(=O)(=O)c1ccc2c(c1)nc(SCc1ccccc1F)n2Cc1ccco1. The first-order valence-electron chi connectivity index (χ1n) is 10.3. The number of fused-ring (bicyclic) bond motifs is 1. The molecule has 0 spiro atoms. The van der Waals surface area contributed by atoms with Crippen LogP contribution in [0.4, 0.5) is 4.39 Å². The average Bonchev–Trinajstić information content (AvgIpc) is 3.42. The van der Waals surface area contributed by atoms with Gasteiger partial charge in [-0.2, -0.15) is 4.31 Å². The molecule has 2 heterocycles. The van der Waals surface area contributed by atoms with Crippen LogP contribution in [0, 0.1) is 5.82 Å². The van der Waals surface area contributed by atoms with Gasteiger partial charge in [-0.25, -0.2) is 17.8 Å². The Kier molecular flexibility index (Phi) is 6.68. The summed E-state index contributed by atoms with van der Waals surface area (Å²) >= 11 is 1.40. The van der Waals surface area contributed by atoms with Crippen LogP contribution in [0.3, 0.4) is 0 Å². The van der Waals surface area contributed by atoms with E-state index in [2.05, 4.69) is 0 Å². The topological polar surface area (TPSA) is 68.3 Å². The monoisotopic (exact) mass is 473 g/mol. The highest BCUT2D eigenvalue weighted by molar-refractivity contribution is 7.98. The van der Waals surface area contributed by atoms with Gasteiger partial charge in [-0.3, -0.25) is 0 Å². The van der Waals surface area contributed by atoms with Crippen molar-refractivity contribution in [2.24, 2.45) is 0 Å². The molecule has 9 heteroatoms. The van der Waals surface area contributed by atoms with E-state index in [1.807, 2.05) is 30.5 Å². The molecule has 4 aromatic rings. The first-order chi connectivity index (χ1) is 15.4. The highest BCUT2D eigenvalue weighted by Gasteiger charge is 2.23. The second-order valence-corrected chi connectivity index (χ2v) is 10.1. The number of imidazole rings is 1. The lowest BCUT2D eigenvalue weighted by molar-refractivity contribution is 0.445. The van der Waals surface area contributed by atoms with Gasteiger partial charge in [0.2, 0.25) is 10.0 Å². The summed E-state index contributed by atoms with van der Waals surface area (Å²) in [7, 11) is -3.60. The third-order valence-electron chi connectivity index (χ3n) is 5.24. The Labute approximate surface area is 191 Å². The van der Waals surface area contributed by atoms with Crippen LogP contribution in [0.15, 0.2) is 75.3 Å². The quantitative estimate of drug-likeness (QED) is 0.315. The van der Waals surface area contributed by atoms with Crippen LogP contribution in [0.2, 0.25) is 0 Å². The highest BCUT2D eigenvalue weighted by Crippen LogP contribution is 2.30. The third-order valence-corrected chi connectivity index (χ3v) is 8.31. The molecule has 0 N–H and O–H groups in total.